The molecule has 21 heavy (non-hydrogen) atoms. The third-order valence-corrected chi connectivity index (χ3v) is 2.91. The molecule has 6 heteroatoms. The Morgan fingerprint density at radius 2 is 2.14 bits per heavy atom. The monoisotopic (exact) mass is 313 g/mol. The summed E-state index contributed by atoms with van der Waals surface area (Å²) in [6.45, 7) is 6.51. The molecule has 1 unspecified atom stereocenters. The van der Waals surface area contributed by atoms with Crippen molar-refractivity contribution >= 4 is 17.6 Å². The molecular formula is C15H24ClN3O2. The van der Waals surface area contributed by atoms with Crippen molar-refractivity contribution in [1.29, 1.82) is 0 Å². The zero-order valence-corrected chi connectivity index (χ0v) is 13.6. The van der Waals surface area contributed by atoms with Crippen molar-refractivity contribution in [2.45, 2.75) is 19.9 Å². The number of para-hydroxylation sites is 1. The van der Waals surface area contributed by atoms with Gasteiger partial charge in [-0.05, 0) is 26.0 Å². The van der Waals surface area contributed by atoms with E-state index >= 15 is 0 Å². The lowest BCUT2D eigenvalue weighted by Crippen LogP contribution is -2.44. The fourth-order valence-electron chi connectivity index (χ4n) is 1.72. The molecule has 1 atom stereocenters. The van der Waals surface area contributed by atoms with Gasteiger partial charge in [0, 0.05) is 19.7 Å². The maximum Gasteiger partial charge on any atom is 0.191 e. The molecule has 2 N–H and O–H groups in total. The van der Waals surface area contributed by atoms with Gasteiger partial charge in [0.25, 0.3) is 0 Å². The van der Waals surface area contributed by atoms with Gasteiger partial charge >= 0.3 is 0 Å². The minimum atomic E-state index is 0.192. The van der Waals surface area contributed by atoms with E-state index in [9.17, 15) is 0 Å². The molecule has 0 saturated carbocycles. The Balaban J connectivity index is 2.41. The average molecular weight is 314 g/mol. The first-order valence-electron chi connectivity index (χ1n) is 7.08. The molecule has 0 amide bonds. The Kier molecular flexibility index (Phi) is 8.62. The van der Waals surface area contributed by atoms with Gasteiger partial charge in [0.1, 0.15) is 12.4 Å². The van der Waals surface area contributed by atoms with Crippen molar-refractivity contribution in [3.63, 3.8) is 0 Å². The molecule has 0 heterocycles. The van der Waals surface area contributed by atoms with Gasteiger partial charge in [-0.3, -0.25) is 0 Å². The Morgan fingerprint density at radius 1 is 1.38 bits per heavy atom. The predicted octanol–water partition coefficient (Wildman–Crippen LogP) is 2.31. The van der Waals surface area contributed by atoms with Crippen LogP contribution in [0.1, 0.15) is 13.8 Å². The zero-order valence-electron chi connectivity index (χ0n) is 12.9. The minimum absolute atomic E-state index is 0.192. The molecule has 0 bridgehead atoms. The molecule has 0 aliphatic rings. The quantitative estimate of drug-likeness (QED) is 0.439. The lowest BCUT2D eigenvalue weighted by atomic mass is 10.3. The summed E-state index contributed by atoms with van der Waals surface area (Å²) in [7, 11) is 1.68. The van der Waals surface area contributed by atoms with Crippen LogP contribution in [0.25, 0.3) is 0 Å². The number of hydrogen-bond donors (Lipinski definition) is 2. The van der Waals surface area contributed by atoms with Gasteiger partial charge in [-0.15, -0.1) is 0 Å². The number of nitrogens with one attached hydrogen (secondary N) is 2. The lowest BCUT2D eigenvalue weighted by molar-refractivity contribution is 0.179. The highest BCUT2D eigenvalue weighted by Gasteiger charge is 2.04. The molecular weight excluding hydrogens is 290 g/mol. The van der Waals surface area contributed by atoms with Crippen LogP contribution in [0.4, 0.5) is 0 Å². The Labute approximate surface area is 131 Å². The first kappa shape index (κ1) is 17.6. The van der Waals surface area contributed by atoms with Crippen LogP contribution < -0.4 is 15.4 Å². The standard InChI is InChI=1S/C15H24ClN3O2/c1-4-17-15(19-12(2)11-20-3)18-9-10-21-14-8-6-5-7-13(14)16/h5-8,12H,4,9-11H2,1-3H3,(H2,17,18,19). The Morgan fingerprint density at radius 3 is 2.81 bits per heavy atom. The van der Waals surface area contributed by atoms with Crippen molar-refractivity contribution in [3.05, 3.63) is 29.3 Å². The summed E-state index contributed by atoms with van der Waals surface area (Å²) in [6, 6.07) is 7.60. The molecule has 0 radical (unpaired) electrons. The van der Waals surface area contributed by atoms with Gasteiger partial charge < -0.3 is 20.1 Å². The molecule has 118 valence electrons. The predicted molar refractivity (Wildman–Crippen MR) is 87.4 cm³/mol. The molecule has 5 nitrogen and oxygen atoms in total. The van der Waals surface area contributed by atoms with Gasteiger partial charge in [0.05, 0.1) is 18.2 Å². The van der Waals surface area contributed by atoms with Crippen molar-refractivity contribution in [3.8, 4) is 5.75 Å². The van der Waals surface area contributed by atoms with E-state index in [1.807, 2.05) is 32.0 Å². The second-order valence-electron chi connectivity index (χ2n) is 4.54. The molecule has 0 aliphatic carbocycles. The molecule has 1 aromatic rings. The Hall–Kier alpha value is -1.46. The summed E-state index contributed by atoms with van der Waals surface area (Å²) < 4.78 is 10.7. The summed E-state index contributed by atoms with van der Waals surface area (Å²) in [5.74, 6) is 1.44. The number of nitrogens with zero attached hydrogens (tertiary/aromatic N) is 1. The lowest BCUT2D eigenvalue weighted by Gasteiger charge is -2.17. The van der Waals surface area contributed by atoms with Crippen LogP contribution in [0.2, 0.25) is 5.02 Å². The number of guanidine groups is 1. The van der Waals surface area contributed by atoms with Crippen LogP contribution in [0.5, 0.6) is 5.75 Å². The number of halogens is 1. The Bertz CT molecular complexity index is 441. The third kappa shape index (κ3) is 7.20. The van der Waals surface area contributed by atoms with E-state index in [1.165, 1.54) is 0 Å². The van der Waals surface area contributed by atoms with Gasteiger partial charge in [0.15, 0.2) is 5.96 Å². The van der Waals surface area contributed by atoms with Crippen LogP contribution in [-0.2, 0) is 4.74 Å². The van der Waals surface area contributed by atoms with Crippen molar-refractivity contribution in [2.75, 3.05) is 33.4 Å². The smallest absolute Gasteiger partial charge is 0.191 e. The second kappa shape index (κ2) is 10.3. The van der Waals surface area contributed by atoms with Crippen LogP contribution >= 0.6 is 11.6 Å². The molecule has 0 aliphatic heterocycles. The largest absolute Gasteiger partial charge is 0.490 e. The fourth-order valence-corrected chi connectivity index (χ4v) is 1.91. The van der Waals surface area contributed by atoms with Crippen molar-refractivity contribution in [1.82, 2.24) is 10.6 Å². The van der Waals surface area contributed by atoms with E-state index in [4.69, 9.17) is 21.1 Å². The van der Waals surface area contributed by atoms with Gasteiger partial charge in [-0.1, -0.05) is 23.7 Å². The van der Waals surface area contributed by atoms with Crippen LogP contribution in [0, 0.1) is 0 Å². The average Bonchev–Trinajstić information content (AvgIpc) is 2.45. The van der Waals surface area contributed by atoms with E-state index in [1.54, 1.807) is 13.2 Å². The number of methoxy groups -OCH3 is 1. The van der Waals surface area contributed by atoms with Crippen molar-refractivity contribution < 1.29 is 9.47 Å². The summed E-state index contributed by atoms with van der Waals surface area (Å²) >= 11 is 6.02. The van der Waals surface area contributed by atoms with Gasteiger partial charge in [-0.2, -0.15) is 0 Å². The molecule has 0 fully saturated rings. The maximum atomic E-state index is 6.02. The number of hydrogen-bond acceptors (Lipinski definition) is 3. The molecule has 0 saturated heterocycles. The fraction of sp³-hybridized carbons (Fsp3) is 0.533. The number of rotatable bonds is 8. The van der Waals surface area contributed by atoms with Crippen LogP contribution in [0.15, 0.2) is 29.3 Å². The molecule has 1 aromatic carbocycles. The summed E-state index contributed by atoms with van der Waals surface area (Å²) in [5, 5.41) is 7.06. The number of ether oxygens (including phenoxy) is 2. The van der Waals surface area contributed by atoms with E-state index in [0.717, 1.165) is 12.5 Å². The minimum Gasteiger partial charge on any atom is -0.490 e. The van der Waals surface area contributed by atoms with Gasteiger partial charge in [-0.25, -0.2) is 4.99 Å². The highest BCUT2D eigenvalue weighted by atomic mass is 35.5. The summed E-state index contributed by atoms with van der Waals surface area (Å²) in [5.41, 5.74) is 0. The van der Waals surface area contributed by atoms with E-state index < -0.39 is 0 Å². The van der Waals surface area contributed by atoms with Crippen LogP contribution in [0.3, 0.4) is 0 Å². The van der Waals surface area contributed by atoms with Crippen molar-refractivity contribution in [2.24, 2.45) is 4.99 Å². The third-order valence-electron chi connectivity index (χ3n) is 2.60. The second-order valence-corrected chi connectivity index (χ2v) is 4.95. The molecule has 0 spiro atoms. The summed E-state index contributed by atoms with van der Waals surface area (Å²) in [4.78, 5) is 4.45. The summed E-state index contributed by atoms with van der Waals surface area (Å²) in [6.07, 6.45) is 0. The number of aliphatic imine (C=N–C) groups is 1. The number of benzene rings is 1. The first-order chi connectivity index (χ1) is 10.2. The highest BCUT2D eigenvalue weighted by Crippen LogP contribution is 2.22. The molecule has 1 rings (SSSR count). The highest BCUT2D eigenvalue weighted by molar-refractivity contribution is 6.32. The maximum absolute atomic E-state index is 6.02. The van der Waals surface area contributed by atoms with E-state index in [-0.39, 0.29) is 6.04 Å². The van der Waals surface area contributed by atoms with E-state index in [2.05, 4.69) is 15.6 Å². The normalized spacial score (nSPS) is 12.9. The zero-order chi connectivity index (χ0) is 15.5. The SMILES string of the molecule is CCNC(=NCCOc1ccccc1Cl)NC(C)COC. The van der Waals surface area contributed by atoms with E-state index in [0.29, 0.717) is 30.5 Å². The first-order valence-corrected chi connectivity index (χ1v) is 7.46. The van der Waals surface area contributed by atoms with Gasteiger partial charge in [0.2, 0.25) is 0 Å². The van der Waals surface area contributed by atoms with Crippen LogP contribution in [-0.4, -0.2) is 45.4 Å². The topological polar surface area (TPSA) is 54.9 Å². The molecule has 0 aromatic heterocycles.